The molecule has 3 amide bonds. The van der Waals surface area contributed by atoms with E-state index in [1.165, 1.54) is 4.90 Å². The van der Waals surface area contributed by atoms with E-state index in [1.807, 2.05) is 24.3 Å². The SMILES string of the molecule is CC(F)(F)CN1CC[C@H]2CC[C@@H](C(=O)NC3CCOc4ccccc43)N2C(=O)[C@@H](NC(=O)OC(C)(C)C)C1. The monoisotopic (exact) mass is 536 g/mol. The number of fused-ring (bicyclic) bond motifs is 2. The van der Waals surface area contributed by atoms with Gasteiger partial charge in [-0.15, -0.1) is 0 Å². The summed E-state index contributed by atoms with van der Waals surface area (Å²) in [4.78, 5) is 43.0. The number of para-hydroxylation sites is 1. The molecule has 210 valence electrons. The molecule has 0 aliphatic carbocycles. The first kappa shape index (κ1) is 28.1. The Balaban J connectivity index is 1.53. The molecule has 0 bridgehead atoms. The summed E-state index contributed by atoms with van der Waals surface area (Å²) in [5, 5.41) is 5.69. The molecule has 1 unspecified atom stereocenters. The second-order valence-corrected chi connectivity index (χ2v) is 11.5. The lowest BCUT2D eigenvalue weighted by molar-refractivity contribution is -0.144. The van der Waals surface area contributed by atoms with E-state index in [9.17, 15) is 23.2 Å². The van der Waals surface area contributed by atoms with Crippen LogP contribution in [-0.2, 0) is 14.3 Å². The van der Waals surface area contributed by atoms with Crippen molar-refractivity contribution in [3.8, 4) is 5.75 Å². The van der Waals surface area contributed by atoms with E-state index in [4.69, 9.17) is 9.47 Å². The van der Waals surface area contributed by atoms with Crippen molar-refractivity contribution in [3.05, 3.63) is 29.8 Å². The van der Waals surface area contributed by atoms with E-state index in [1.54, 1.807) is 25.7 Å². The van der Waals surface area contributed by atoms with Crippen LogP contribution in [0.2, 0.25) is 0 Å². The van der Waals surface area contributed by atoms with Crippen molar-refractivity contribution in [1.82, 2.24) is 20.4 Å². The van der Waals surface area contributed by atoms with Gasteiger partial charge < -0.3 is 25.0 Å². The van der Waals surface area contributed by atoms with Crippen molar-refractivity contribution in [2.75, 3.05) is 26.2 Å². The molecular weight excluding hydrogens is 498 g/mol. The van der Waals surface area contributed by atoms with E-state index in [2.05, 4.69) is 10.6 Å². The third-order valence-corrected chi connectivity index (χ3v) is 7.04. The summed E-state index contributed by atoms with van der Waals surface area (Å²) in [5.41, 5.74) is 0.0879. The van der Waals surface area contributed by atoms with E-state index in [0.29, 0.717) is 38.8 Å². The predicted octanol–water partition coefficient (Wildman–Crippen LogP) is 3.24. The molecule has 3 aliphatic rings. The van der Waals surface area contributed by atoms with Gasteiger partial charge >= 0.3 is 6.09 Å². The highest BCUT2D eigenvalue weighted by Gasteiger charge is 2.46. The summed E-state index contributed by atoms with van der Waals surface area (Å²) in [6.07, 6.45) is 1.29. The summed E-state index contributed by atoms with van der Waals surface area (Å²) in [7, 11) is 0. The second kappa shape index (κ2) is 11.0. The number of halogens is 2. The van der Waals surface area contributed by atoms with Crippen molar-refractivity contribution in [2.24, 2.45) is 0 Å². The summed E-state index contributed by atoms with van der Waals surface area (Å²) < 4.78 is 38.8. The van der Waals surface area contributed by atoms with Gasteiger partial charge in [-0.2, -0.15) is 0 Å². The Morgan fingerprint density at radius 2 is 1.79 bits per heavy atom. The third-order valence-electron chi connectivity index (χ3n) is 7.04. The molecule has 0 saturated carbocycles. The highest BCUT2D eigenvalue weighted by Crippen LogP contribution is 2.34. The van der Waals surface area contributed by atoms with Gasteiger partial charge in [0.15, 0.2) is 0 Å². The van der Waals surface area contributed by atoms with Crippen LogP contribution < -0.4 is 15.4 Å². The Kier molecular flexibility index (Phi) is 8.15. The predicted molar refractivity (Wildman–Crippen MR) is 136 cm³/mol. The molecule has 4 rings (SSSR count). The third kappa shape index (κ3) is 6.92. The maximum atomic E-state index is 13.9. The lowest BCUT2D eigenvalue weighted by Gasteiger charge is -2.39. The van der Waals surface area contributed by atoms with E-state index < -0.39 is 42.2 Å². The summed E-state index contributed by atoms with van der Waals surface area (Å²) >= 11 is 0. The Morgan fingerprint density at radius 3 is 2.50 bits per heavy atom. The number of benzene rings is 1. The minimum absolute atomic E-state index is 0.105. The van der Waals surface area contributed by atoms with Gasteiger partial charge in [0.1, 0.15) is 23.4 Å². The quantitative estimate of drug-likeness (QED) is 0.600. The fraction of sp³-hybridized carbons (Fsp3) is 0.667. The maximum Gasteiger partial charge on any atom is 0.408 e. The topological polar surface area (TPSA) is 100 Å². The zero-order chi connectivity index (χ0) is 27.7. The number of hydrogen-bond acceptors (Lipinski definition) is 6. The molecule has 1 aromatic carbocycles. The molecule has 0 spiro atoms. The fourth-order valence-corrected chi connectivity index (χ4v) is 5.55. The van der Waals surface area contributed by atoms with Crippen molar-refractivity contribution in [1.29, 1.82) is 0 Å². The normalized spacial score (nSPS) is 26.4. The Morgan fingerprint density at radius 1 is 1.05 bits per heavy atom. The number of carbonyl (C=O) groups excluding carboxylic acids is 3. The van der Waals surface area contributed by atoms with Gasteiger partial charge in [0.25, 0.3) is 5.92 Å². The van der Waals surface area contributed by atoms with Crippen LogP contribution in [0.5, 0.6) is 5.75 Å². The van der Waals surface area contributed by atoms with Crippen LogP contribution in [0.25, 0.3) is 0 Å². The first-order valence-electron chi connectivity index (χ1n) is 13.2. The van der Waals surface area contributed by atoms with Crippen molar-refractivity contribution < 1.29 is 32.6 Å². The van der Waals surface area contributed by atoms with Crippen molar-refractivity contribution >= 4 is 17.9 Å². The van der Waals surface area contributed by atoms with Gasteiger partial charge in [0.05, 0.1) is 19.2 Å². The maximum absolute atomic E-state index is 13.9. The number of ether oxygens (including phenoxy) is 2. The molecule has 38 heavy (non-hydrogen) atoms. The Bertz CT molecular complexity index is 1040. The Hall–Kier alpha value is -2.95. The molecule has 2 fully saturated rings. The standard InChI is InChI=1S/C27H38F2N4O5/c1-26(2,3)38-25(36)31-20-15-32(16-27(4,28)29)13-11-17-9-10-21(33(17)24(20)35)23(34)30-19-12-14-37-22-8-6-5-7-18(19)22/h5-8,17,19-21H,9-16H2,1-4H3,(H,30,34)(H,31,36)/t17-,19?,20+,21+/m1/s1. The fourth-order valence-electron chi connectivity index (χ4n) is 5.55. The zero-order valence-corrected chi connectivity index (χ0v) is 22.5. The molecule has 0 radical (unpaired) electrons. The number of nitrogens with one attached hydrogen (secondary N) is 2. The molecule has 2 N–H and O–H groups in total. The van der Waals surface area contributed by atoms with E-state index in [-0.39, 0.29) is 24.5 Å². The van der Waals surface area contributed by atoms with Crippen LogP contribution in [0.4, 0.5) is 13.6 Å². The number of amides is 3. The van der Waals surface area contributed by atoms with Gasteiger partial charge in [0.2, 0.25) is 11.8 Å². The van der Waals surface area contributed by atoms with Crippen molar-refractivity contribution in [2.45, 2.75) is 89.1 Å². The highest BCUT2D eigenvalue weighted by atomic mass is 19.3. The van der Waals surface area contributed by atoms with E-state index in [0.717, 1.165) is 18.2 Å². The number of carbonyl (C=O) groups is 3. The number of rotatable bonds is 5. The highest BCUT2D eigenvalue weighted by molar-refractivity contribution is 5.92. The Labute approximate surface area is 222 Å². The average molecular weight is 537 g/mol. The zero-order valence-electron chi connectivity index (χ0n) is 22.5. The van der Waals surface area contributed by atoms with Crippen LogP contribution in [-0.4, -0.2) is 83.6 Å². The number of nitrogens with zero attached hydrogens (tertiary/aromatic N) is 2. The molecule has 0 aromatic heterocycles. The van der Waals surface area contributed by atoms with Crippen LogP contribution in [0.15, 0.2) is 24.3 Å². The van der Waals surface area contributed by atoms with Gasteiger partial charge in [-0.3, -0.25) is 14.5 Å². The largest absolute Gasteiger partial charge is 0.493 e. The summed E-state index contributed by atoms with van der Waals surface area (Å²) in [6.45, 7) is 6.06. The molecule has 3 aliphatic heterocycles. The lowest BCUT2D eigenvalue weighted by atomic mass is 10.00. The molecule has 2 saturated heterocycles. The van der Waals surface area contributed by atoms with Gasteiger partial charge in [0, 0.05) is 38.0 Å². The molecule has 4 atom stereocenters. The minimum Gasteiger partial charge on any atom is -0.493 e. The van der Waals surface area contributed by atoms with Crippen LogP contribution >= 0.6 is 0 Å². The molecule has 1 aromatic rings. The first-order chi connectivity index (χ1) is 17.8. The summed E-state index contributed by atoms with van der Waals surface area (Å²) in [5.74, 6) is -2.97. The van der Waals surface area contributed by atoms with Gasteiger partial charge in [-0.05, 0) is 46.1 Å². The minimum atomic E-state index is -2.96. The van der Waals surface area contributed by atoms with Gasteiger partial charge in [-0.1, -0.05) is 18.2 Å². The second-order valence-electron chi connectivity index (χ2n) is 11.5. The average Bonchev–Trinajstić information content (AvgIpc) is 3.23. The van der Waals surface area contributed by atoms with Crippen LogP contribution in [0.1, 0.15) is 65.0 Å². The van der Waals surface area contributed by atoms with Gasteiger partial charge in [-0.25, -0.2) is 13.6 Å². The first-order valence-corrected chi connectivity index (χ1v) is 13.2. The van der Waals surface area contributed by atoms with Crippen LogP contribution in [0, 0.1) is 0 Å². The molecule has 3 heterocycles. The smallest absolute Gasteiger partial charge is 0.408 e. The number of hydrogen-bond donors (Lipinski definition) is 2. The molecule has 11 heteroatoms. The lowest BCUT2D eigenvalue weighted by Crippen LogP contribution is -2.61. The summed E-state index contributed by atoms with van der Waals surface area (Å²) in [6, 6.07) is 5.15. The van der Waals surface area contributed by atoms with E-state index >= 15 is 0 Å². The molecular formula is C27H38F2N4O5. The molecule has 9 nitrogen and oxygen atoms in total. The van der Waals surface area contributed by atoms with Crippen molar-refractivity contribution in [3.63, 3.8) is 0 Å². The van der Waals surface area contributed by atoms with Crippen LogP contribution in [0.3, 0.4) is 0 Å². The number of alkyl halides is 2. The number of alkyl carbamates (subject to hydrolysis) is 1.